The van der Waals surface area contributed by atoms with Gasteiger partial charge in [-0.3, -0.25) is 0 Å². The molecule has 0 aliphatic carbocycles. The van der Waals surface area contributed by atoms with Crippen LogP contribution in [0.2, 0.25) is 0 Å². The van der Waals surface area contributed by atoms with Crippen LogP contribution in [0, 0.1) is 5.41 Å². The summed E-state index contributed by atoms with van der Waals surface area (Å²) in [4.78, 5) is 0. The average molecular weight is 231 g/mol. The van der Waals surface area contributed by atoms with E-state index in [4.69, 9.17) is 9.47 Å². The molecule has 2 N–H and O–H groups in total. The molecule has 4 heteroatoms. The van der Waals surface area contributed by atoms with E-state index in [2.05, 4.69) is 19.2 Å². The monoisotopic (exact) mass is 231 g/mol. The molecule has 0 spiro atoms. The Hall–Kier alpha value is -0.160. The number of hydrogen-bond acceptors (Lipinski definition) is 4. The third kappa shape index (κ3) is 3.42. The van der Waals surface area contributed by atoms with Crippen molar-refractivity contribution < 1.29 is 14.6 Å². The van der Waals surface area contributed by atoms with E-state index in [9.17, 15) is 5.11 Å². The summed E-state index contributed by atoms with van der Waals surface area (Å²) >= 11 is 0. The predicted molar refractivity (Wildman–Crippen MR) is 63.5 cm³/mol. The molecule has 0 aromatic heterocycles. The summed E-state index contributed by atoms with van der Waals surface area (Å²) in [6.07, 6.45) is 1.91. The third-order valence-electron chi connectivity index (χ3n) is 3.73. The molecule has 2 atom stereocenters. The van der Waals surface area contributed by atoms with Crippen molar-refractivity contribution in [3.8, 4) is 0 Å². The summed E-state index contributed by atoms with van der Waals surface area (Å²) in [5.74, 6) is 0. The smallest absolute Gasteiger partial charge is 0.106 e. The Morgan fingerprint density at radius 1 is 1.56 bits per heavy atom. The zero-order valence-electron chi connectivity index (χ0n) is 10.7. The summed E-state index contributed by atoms with van der Waals surface area (Å²) in [7, 11) is 1.74. The van der Waals surface area contributed by atoms with Crippen molar-refractivity contribution in [2.45, 2.75) is 32.3 Å². The normalized spacial score (nSPS) is 29.2. The number of aliphatic hydroxyl groups excluding tert-OH is 1. The molecule has 0 aromatic carbocycles. The van der Waals surface area contributed by atoms with Crippen LogP contribution in [0.3, 0.4) is 0 Å². The van der Waals surface area contributed by atoms with Gasteiger partial charge < -0.3 is 19.9 Å². The number of aliphatic hydroxyl groups is 1. The molecular formula is C12H25NO3. The lowest BCUT2D eigenvalue weighted by atomic mass is 9.88. The van der Waals surface area contributed by atoms with Crippen molar-refractivity contribution in [3.05, 3.63) is 0 Å². The van der Waals surface area contributed by atoms with Crippen LogP contribution in [-0.4, -0.2) is 50.7 Å². The number of nitrogens with one attached hydrogen (secondary N) is 1. The number of ether oxygens (including phenoxy) is 2. The van der Waals surface area contributed by atoms with E-state index in [1.54, 1.807) is 7.11 Å². The average Bonchev–Trinajstić information content (AvgIpc) is 2.78. The molecule has 1 heterocycles. The highest BCUT2D eigenvalue weighted by atomic mass is 16.5. The van der Waals surface area contributed by atoms with E-state index < -0.39 is 0 Å². The maximum Gasteiger partial charge on any atom is 0.106 e. The fraction of sp³-hybridized carbons (Fsp3) is 1.00. The highest BCUT2D eigenvalue weighted by molar-refractivity contribution is 4.88. The first kappa shape index (κ1) is 13.9. The van der Waals surface area contributed by atoms with Gasteiger partial charge in [0.25, 0.3) is 0 Å². The topological polar surface area (TPSA) is 50.7 Å². The van der Waals surface area contributed by atoms with Gasteiger partial charge >= 0.3 is 0 Å². The van der Waals surface area contributed by atoms with E-state index in [0.717, 1.165) is 32.5 Å². The number of methoxy groups -OCH3 is 1. The molecule has 0 bridgehead atoms. The molecular weight excluding hydrogens is 206 g/mol. The minimum atomic E-state index is -0.163. The number of hydrogen-bond donors (Lipinski definition) is 2. The van der Waals surface area contributed by atoms with Gasteiger partial charge in [0, 0.05) is 45.2 Å². The maximum absolute atomic E-state index is 9.30. The van der Waals surface area contributed by atoms with Crippen LogP contribution >= 0.6 is 0 Å². The Bertz CT molecular complexity index is 198. The van der Waals surface area contributed by atoms with Crippen LogP contribution in [0.15, 0.2) is 0 Å². The zero-order valence-corrected chi connectivity index (χ0v) is 10.7. The molecule has 1 aliphatic rings. The summed E-state index contributed by atoms with van der Waals surface area (Å²) in [5.41, 5.74) is -0.196. The Balaban J connectivity index is 2.33. The van der Waals surface area contributed by atoms with Gasteiger partial charge in [-0.15, -0.1) is 0 Å². The second-order valence-corrected chi connectivity index (χ2v) is 5.12. The van der Waals surface area contributed by atoms with Crippen LogP contribution in [0.5, 0.6) is 0 Å². The third-order valence-corrected chi connectivity index (χ3v) is 3.73. The predicted octanol–water partition coefficient (Wildman–Crippen LogP) is 0.790. The lowest BCUT2D eigenvalue weighted by molar-refractivity contribution is -0.0181. The first-order chi connectivity index (χ1) is 7.60. The molecule has 1 fully saturated rings. The molecule has 0 radical (unpaired) electrons. The molecule has 2 unspecified atom stereocenters. The van der Waals surface area contributed by atoms with Crippen molar-refractivity contribution >= 4 is 0 Å². The maximum atomic E-state index is 9.30. The van der Waals surface area contributed by atoms with E-state index in [-0.39, 0.29) is 17.6 Å². The highest BCUT2D eigenvalue weighted by Crippen LogP contribution is 2.23. The molecule has 1 saturated heterocycles. The van der Waals surface area contributed by atoms with Gasteiger partial charge in [0.15, 0.2) is 0 Å². The molecule has 0 saturated carbocycles. The van der Waals surface area contributed by atoms with Gasteiger partial charge in [0.05, 0.1) is 6.61 Å². The fourth-order valence-electron chi connectivity index (χ4n) is 1.85. The van der Waals surface area contributed by atoms with Crippen LogP contribution in [0.25, 0.3) is 0 Å². The summed E-state index contributed by atoms with van der Waals surface area (Å²) in [6.45, 7) is 7.45. The number of rotatable bonds is 7. The van der Waals surface area contributed by atoms with Gasteiger partial charge in [0.2, 0.25) is 0 Å². The Labute approximate surface area is 98.3 Å². The minimum Gasteiger partial charge on any atom is -0.396 e. The van der Waals surface area contributed by atoms with Gasteiger partial charge in [0.1, 0.15) is 5.60 Å². The van der Waals surface area contributed by atoms with E-state index in [1.165, 1.54) is 0 Å². The van der Waals surface area contributed by atoms with Crippen molar-refractivity contribution in [1.29, 1.82) is 0 Å². The Morgan fingerprint density at radius 3 is 2.75 bits per heavy atom. The van der Waals surface area contributed by atoms with Gasteiger partial charge in [-0.05, 0) is 6.42 Å². The van der Waals surface area contributed by atoms with Crippen molar-refractivity contribution in [3.63, 3.8) is 0 Å². The molecule has 0 amide bonds. The molecule has 1 aliphatic heterocycles. The zero-order chi connectivity index (χ0) is 12.1. The standard InChI is InChI=1S/C12H25NO3/c1-4-11(2,9-14)7-13-8-12(15-3)5-6-16-10-12/h13-14H,4-10H2,1-3H3. The highest BCUT2D eigenvalue weighted by Gasteiger charge is 2.35. The van der Waals surface area contributed by atoms with Crippen molar-refractivity contribution in [2.75, 3.05) is 40.0 Å². The molecule has 1 rings (SSSR count). The summed E-state index contributed by atoms with van der Waals surface area (Å²) in [6, 6.07) is 0. The first-order valence-corrected chi connectivity index (χ1v) is 6.04. The van der Waals surface area contributed by atoms with Crippen molar-refractivity contribution in [2.24, 2.45) is 5.41 Å². The molecule has 16 heavy (non-hydrogen) atoms. The lowest BCUT2D eigenvalue weighted by Crippen LogP contribution is -2.46. The lowest BCUT2D eigenvalue weighted by Gasteiger charge is -2.30. The minimum absolute atomic E-state index is 0.0333. The summed E-state index contributed by atoms with van der Waals surface area (Å²) in [5, 5.41) is 12.7. The summed E-state index contributed by atoms with van der Waals surface area (Å²) < 4.78 is 10.9. The van der Waals surface area contributed by atoms with Crippen LogP contribution in [-0.2, 0) is 9.47 Å². The largest absolute Gasteiger partial charge is 0.396 e. The van der Waals surface area contributed by atoms with E-state index >= 15 is 0 Å². The second-order valence-electron chi connectivity index (χ2n) is 5.12. The Kier molecular flexibility index (Phi) is 5.18. The van der Waals surface area contributed by atoms with Gasteiger partial charge in [-0.25, -0.2) is 0 Å². The molecule has 96 valence electrons. The van der Waals surface area contributed by atoms with Crippen LogP contribution in [0.4, 0.5) is 0 Å². The quantitative estimate of drug-likeness (QED) is 0.680. The van der Waals surface area contributed by atoms with E-state index in [0.29, 0.717) is 6.61 Å². The van der Waals surface area contributed by atoms with Crippen LogP contribution in [0.1, 0.15) is 26.7 Å². The Morgan fingerprint density at radius 2 is 2.31 bits per heavy atom. The van der Waals surface area contributed by atoms with Gasteiger partial charge in [-0.2, -0.15) is 0 Å². The second kappa shape index (κ2) is 5.96. The van der Waals surface area contributed by atoms with Crippen LogP contribution < -0.4 is 5.32 Å². The fourth-order valence-corrected chi connectivity index (χ4v) is 1.85. The molecule has 4 nitrogen and oxygen atoms in total. The van der Waals surface area contributed by atoms with E-state index in [1.807, 2.05) is 0 Å². The molecule has 0 aromatic rings. The SMILES string of the molecule is CCC(C)(CO)CNCC1(OC)CCOC1. The first-order valence-electron chi connectivity index (χ1n) is 6.04. The van der Waals surface area contributed by atoms with Gasteiger partial charge in [-0.1, -0.05) is 13.8 Å². The van der Waals surface area contributed by atoms with Crippen molar-refractivity contribution in [1.82, 2.24) is 5.32 Å².